The Morgan fingerprint density at radius 3 is 2.68 bits per heavy atom. The predicted octanol–water partition coefficient (Wildman–Crippen LogP) is 1.58. The largest absolute Gasteiger partial charge is 0.271 e. The fourth-order valence-corrected chi connectivity index (χ4v) is 2.15. The molecule has 5 heteroatoms. The van der Waals surface area contributed by atoms with Gasteiger partial charge in [0.25, 0.3) is 0 Å². The molecule has 1 aromatic carbocycles. The van der Waals surface area contributed by atoms with E-state index in [1.54, 1.807) is 24.8 Å². The average molecular weight is 251 g/mol. The maximum absolute atomic E-state index is 5.68. The lowest BCUT2D eigenvalue weighted by Crippen LogP contribution is -2.29. The minimum absolute atomic E-state index is 0.229. The number of hydrogen-bond donors (Lipinski definition) is 2. The van der Waals surface area contributed by atoms with Gasteiger partial charge in [-0.3, -0.25) is 20.8 Å². The highest BCUT2D eigenvalue weighted by Crippen LogP contribution is 2.25. The van der Waals surface area contributed by atoms with Gasteiger partial charge in [-0.2, -0.15) is 0 Å². The molecule has 2 heterocycles. The number of nitrogens with two attached hydrogens (primary N) is 1. The van der Waals surface area contributed by atoms with E-state index in [0.717, 1.165) is 22.2 Å². The summed E-state index contributed by atoms with van der Waals surface area (Å²) in [6, 6.07) is 9.72. The van der Waals surface area contributed by atoms with E-state index >= 15 is 0 Å². The van der Waals surface area contributed by atoms with Gasteiger partial charge in [0.05, 0.1) is 23.4 Å². The van der Waals surface area contributed by atoms with Crippen molar-refractivity contribution >= 4 is 10.9 Å². The second kappa shape index (κ2) is 5.09. The number of hydrazine groups is 1. The van der Waals surface area contributed by atoms with Crippen molar-refractivity contribution in [3.8, 4) is 0 Å². The van der Waals surface area contributed by atoms with Gasteiger partial charge in [-0.25, -0.2) is 5.43 Å². The molecule has 5 nitrogen and oxygen atoms in total. The fraction of sp³-hybridized carbons (Fsp3) is 0.0714. The van der Waals surface area contributed by atoms with Gasteiger partial charge in [0, 0.05) is 29.5 Å². The molecule has 0 saturated heterocycles. The van der Waals surface area contributed by atoms with Crippen LogP contribution in [-0.4, -0.2) is 15.0 Å². The molecule has 19 heavy (non-hydrogen) atoms. The van der Waals surface area contributed by atoms with Gasteiger partial charge < -0.3 is 0 Å². The van der Waals surface area contributed by atoms with E-state index < -0.39 is 0 Å². The number of aromatic nitrogens is 3. The Hall–Kier alpha value is -2.37. The first kappa shape index (κ1) is 11.7. The monoisotopic (exact) mass is 251 g/mol. The first-order chi connectivity index (χ1) is 9.40. The number of pyridine rings is 1. The van der Waals surface area contributed by atoms with Crippen LogP contribution in [0.25, 0.3) is 10.9 Å². The summed E-state index contributed by atoms with van der Waals surface area (Å²) in [5, 5.41) is 1.07. The predicted molar refractivity (Wildman–Crippen MR) is 72.9 cm³/mol. The highest BCUT2D eigenvalue weighted by atomic mass is 15.2. The normalized spacial score (nSPS) is 12.5. The summed E-state index contributed by atoms with van der Waals surface area (Å²) in [7, 11) is 0. The van der Waals surface area contributed by atoms with Gasteiger partial charge in [-0.15, -0.1) is 0 Å². The molecule has 0 saturated carbocycles. The molecular formula is C14H13N5. The van der Waals surface area contributed by atoms with E-state index in [9.17, 15) is 0 Å². The van der Waals surface area contributed by atoms with Crippen molar-refractivity contribution < 1.29 is 0 Å². The summed E-state index contributed by atoms with van der Waals surface area (Å²) in [6.07, 6.45) is 6.76. The van der Waals surface area contributed by atoms with Crippen LogP contribution in [0.3, 0.4) is 0 Å². The third-order valence-electron chi connectivity index (χ3n) is 3.02. The van der Waals surface area contributed by atoms with Crippen molar-refractivity contribution in [3.63, 3.8) is 0 Å². The van der Waals surface area contributed by atoms with Crippen LogP contribution in [0.2, 0.25) is 0 Å². The smallest absolute Gasteiger partial charge is 0.0918 e. The highest BCUT2D eigenvalue weighted by molar-refractivity contribution is 5.82. The molecule has 0 radical (unpaired) electrons. The van der Waals surface area contributed by atoms with E-state index in [4.69, 9.17) is 5.84 Å². The third-order valence-corrected chi connectivity index (χ3v) is 3.02. The number of hydrogen-bond acceptors (Lipinski definition) is 5. The van der Waals surface area contributed by atoms with Crippen LogP contribution >= 0.6 is 0 Å². The van der Waals surface area contributed by atoms with Crippen LogP contribution in [0.5, 0.6) is 0 Å². The SMILES string of the molecule is NNC(c1cnccn1)c1cccc2cccnc12. The molecule has 0 bridgehead atoms. The minimum atomic E-state index is -0.229. The quantitative estimate of drug-likeness (QED) is 0.546. The molecule has 0 spiro atoms. The number of nitrogens with one attached hydrogen (secondary N) is 1. The first-order valence-corrected chi connectivity index (χ1v) is 5.96. The van der Waals surface area contributed by atoms with Crippen molar-refractivity contribution in [3.05, 3.63) is 66.4 Å². The lowest BCUT2D eigenvalue weighted by molar-refractivity contribution is 0.620. The molecule has 0 aliphatic carbocycles. The maximum atomic E-state index is 5.68. The molecule has 0 fully saturated rings. The Morgan fingerprint density at radius 2 is 1.89 bits per heavy atom. The maximum Gasteiger partial charge on any atom is 0.0918 e. The molecule has 0 amide bonds. The number of benzene rings is 1. The molecule has 3 rings (SSSR count). The van der Waals surface area contributed by atoms with E-state index in [1.807, 2.05) is 30.3 Å². The first-order valence-electron chi connectivity index (χ1n) is 5.96. The number of nitrogens with zero attached hydrogens (tertiary/aromatic N) is 3. The fourth-order valence-electron chi connectivity index (χ4n) is 2.15. The van der Waals surface area contributed by atoms with Crippen LogP contribution in [0, 0.1) is 0 Å². The van der Waals surface area contributed by atoms with Crippen molar-refractivity contribution in [2.75, 3.05) is 0 Å². The summed E-state index contributed by atoms with van der Waals surface area (Å²) in [5.41, 5.74) is 5.45. The van der Waals surface area contributed by atoms with Gasteiger partial charge in [0.1, 0.15) is 0 Å². The molecular weight excluding hydrogens is 238 g/mol. The standard InChI is InChI=1S/C14H13N5/c15-19-14(12-9-16-7-8-17-12)11-5-1-3-10-4-2-6-18-13(10)11/h1-9,14,19H,15H2. The molecule has 0 aliphatic rings. The second-order valence-corrected chi connectivity index (χ2v) is 4.15. The second-order valence-electron chi connectivity index (χ2n) is 4.15. The van der Waals surface area contributed by atoms with Crippen molar-refractivity contribution in [2.45, 2.75) is 6.04 Å². The summed E-state index contributed by atoms with van der Waals surface area (Å²) in [5.74, 6) is 5.68. The average Bonchev–Trinajstić information content (AvgIpc) is 2.49. The Morgan fingerprint density at radius 1 is 1.00 bits per heavy atom. The summed E-state index contributed by atoms with van der Waals surface area (Å²) in [4.78, 5) is 12.8. The zero-order valence-corrected chi connectivity index (χ0v) is 10.2. The van der Waals surface area contributed by atoms with Gasteiger partial charge in [0.2, 0.25) is 0 Å². The van der Waals surface area contributed by atoms with Crippen LogP contribution in [0.1, 0.15) is 17.3 Å². The number of para-hydroxylation sites is 1. The zero-order chi connectivity index (χ0) is 13.1. The van der Waals surface area contributed by atoms with Crippen LogP contribution in [0.15, 0.2) is 55.1 Å². The lowest BCUT2D eigenvalue weighted by Gasteiger charge is -2.16. The Kier molecular flexibility index (Phi) is 3.14. The van der Waals surface area contributed by atoms with E-state index in [-0.39, 0.29) is 6.04 Å². The molecule has 3 aromatic rings. The van der Waals surface area contributed by atoms with E-state index in [2.05, 4.69) is 20.4 Å². The lowest BCUT2D eigenvalue weighted by atomic mass is 10.0. The summed E-state index contributed by atoms with van der Waals surface area (Å²) in [6.45, 7) is 0. The van der Waals surface area contributed by atoms with Crippen LogP contribution in [0.4, 0.5) is 0 Å². The van der Waals surface area contributed by atoms with Crippen molar-refractivity contribution in [1.29, 1.82) is 0 Å². The Bertz CT molecular complexity index is 678. The van der Waals surface area contributed by atoms with Gasteiger partial charge >= 0.3 is 0 Å². The van der Waals surface area contributed by atoms with E-state index in [0.29, 0.717) is 0 Å². The summed E-state index contributed by atoms with van der Waals surface area (Å²) < 4.78 is 0. The number of fused-ring (bicyclic) bond motifs is 1. The molecule has 2 aromatic heterocycles. The van der Waals surface area contributed by atoms with Crippen molar-refractivity contribution in [1.82, 2.24) is 20.4 Å². The topological polar surface area (TPSA) is 76.7 Å². The van der Waals surface area contributed by atoms with Crippen molar-refractivity contribution in [2.24, 2.45) is 5.84 Å². The highest BCUT2D eigenvalue weighted by Gasteiger charge is 2.16. The molecule has 1 unspecified atom stereocenters. The van der Waals surface area contributed by atoms with E-state index in [1.165, 1.54) is 0 Å². The zero-order valence-electron chi connectivity index (χ0n) is 10.2. The van der Waals surface area contributed by atoms with Gasteiger partial charge in [0.15, 0.2) is 0 Å². The van der Waals surface area contributed by atoms with Crippen LogP contribution in [-0.2, 0) is 0 Å². The Balaban J connectivity index is 2.17. The summed E-state index contributed by atoms with van der Waals surface area (Å²) >= 11 is 0. The molecule has 1 atom stereocenters. The third kappa shape index (κ3) is 2.16. The Labute approximate surface area is 110 Å². The molecule has 3 N–H and O–H groups in total. The minimum Gasteiger partial charge on any atom is -0.271 e. The van der Waals surface area contributed by atoms with Crippen LogP contribution < -0.4 is 11.3 Å². The van der Waals surface area contributed by atoms with Gasteiger partial charge in [-0.1, -0.05) is 24.3 Å². The van der Waals surface area contributed by atoms with Gasteiger partial charge in [-0.05, 0) is 6.07 Å². The number of rotatable bonds is 3. The molecule has 0 aliphatic heterocycles. The molecule has 94 valence electrons.